The summed E-state index contributed by atoms with van der Waals surface area (Å²) < 4.78 is 38.6. The molecule has 0 radical (unpaired) electrons. The van der Waals surface area contributed by atoms with Gasteiger partial charge in [-0.1, -0.05) is 35.4 Å². The predicted molar refractivity (Wildman–Crippen MR) is 94.8 cm³/mol. The SMILES string of the molecule is Cc1cccc(-c2cc(=O)[nH]c(Nc3cc(C(F)(F)F)ccc3Cl)n2)c1. The summed E-state index contributed by atoms with van der Waals surface area (Å²) in [7, 11) is 0. The lowest BCUT2D eigenvalue weighted by Crippen LogP contribution is -2.11. The Morgan fingerprint density at radius 1 is 1.12 bits per heavy atom. The Bertz CT molecular complexity index is 1020. The first-order valence-electron chi connectivity index (χ1n) is 7.54. The van der Waals surface area contributed by atoms with E-state index in [1.165, 1.54) is 6.07 Å². The van der Waals surface area contributed by atoms with Crippen molar-refractivity contribution in [3.8, 4) is 11.3 Å². The first-order chi connectivity index (χ1) is 12.2. The number of nitrogens with zero attached hydrogens (tertiary/aromatic N) is 1. The third-order valence-corrected chi connectivity index (χ3v) is 3.93. The molecular formula is C18H13ClF3N3O. The molecule has 0 aliphatic heterocycles. The third kappa shape index (κ3) is 4.05. The van der Waals surface area contributed by atoms with E-state index in [0.29, 0.717) is 11.3 Å². The average molecular weight is 380 g/mol. The Kier molecular flexibility index (Phi) is 4.73. The number of nitrogens with one attached hydrogen (secondary N) is 2. The van der Waals surface area contributed by atoms with E-state index in [1.54, 1.807) is 6.07 Å². The molecule has 3 rings (SSSR count). The number of alkyl halides is 3. The van der Waals surface area contributed by atoms with Gasteiger partial charge in [0.2, 0.25) is 5.95 Å². The molecule has 1 heterocycles. The van der Waals surface area contributed by atoms with Gasteiger partial charge in [0.1, 0.15) is 0 Å². The van der Waals surface area contributed by atoms with Crippen LogP contribution in [0.25, 0.3) is 11.3 Å². The zero-order valence-electron chi connectivity index (χ0n) is 13.5. The number of aromatic nitrogens is 2. The van der Waals surface area contributed by atoms with Gasteiger partial charge in [-0.05, 0) is 31.2 Å². The normalized spacial score (nSPS) is 11.4. The molecule has 0 aliphatic carbocycles. The number of aromatic amines is 1. The maximum Gasteiger partial charge on any atom is 0.416 e. The first-order valence-corrected chi connectivity index (χ1v) is 7.92. The fourth-order valence-electron chi connectivity index (χ4n) is 2.39. The van der Waals surface area contributed by atoms with E-state index >= 15 is 0 Å². The molecule has 134 valence electrons. The van der Waals surface area contributed by atoms with Crippen molar-refractivity contribution in [2.75, 3.05) is 5.32 Å². The van der Waals surface area contributed by atoms with Gasteiger partial charge in [0.05, 0.1) is 22.0 Å². The van der Waals surface area contributed by atoms with Crippen LogP contribution in [-0.2, 0) is 6.18 Å². The van der Waals surface area contributed by atoms with Crippen molar-refractivity contribution in [2.45, 2.75) is 13.1 Å². The smallest absolute Gasteiger partial charge is 0.324 e. The molecule has 0 atom stereocenters. The number of hydrogen-bond donors (Lipinski definition) is 2. The zero-order valence-corrected chi connectivity index (χ0v) is 14.2. The van der Waals surface area contributed by atoms with Crippen molar-refractivity contribution < 1.29 is 13.2 Å². The quantitative estimate of drug-likeness (QED) is 0.660. The van der Waals surface area contributed by atoms with Crippen LogP contribution in [0.1, 0.15) is 11.1 Å². The first kappa shape index (κ1) is 18.0. The van der Waals surface area contributed by atoms with Crippen molar-refractivity contribution in [2.24, 2.45) is 0 Å². The van der Waals surface area contributed by atoms with Crippen LogP contribution in [0.15, 0.2) is 53.3 Å². The Morgan fingerprint density at radius 3 is 2.58 bits per heavy atom. The van der Waals surface area contributed by atoms with Gasteiger partial charge in [-0.25, -0.2) is 4.98 Å². The fourth-order valence-corrected chi connectivity index (χ4v) is 2.56. The minimum atomic E-state index is -4.51. The van der Waals surface area contributed by atoms with Crippen molar-refractivity contribution in [3.05, 3.63) is 75.0 Å². The van der Waals surface area contributed by atoms with E-state index < -0.39 is 17.3 Å². The van der Waals surface area contributed by atoms with Crippen LogP contribution in [0.2, 0.25) is 5.02 Å². The summed E-state index contributed by atoms with van der Waals surface area (Å²) in [5, 5.41) is 2.72. The topological polar surface area (TPSA) is 57.8 Å². The highest BCUT2D eigenvalue weighted by Gasteiger charge is 2.31. The Balaban J connectivity index is 2.00. The maximum atomic E-state index is 12.9. The highest BCUT2D eigenvalue weighted by molar-refractivity contribution is 6.33. The van der Waals surface area contributed by atoms with E-state index in [1.807, 2.05) is 25.1 Å². The van der Waals surface area contributed by atoms with Crippen molar-refractivity contribution >= 4 is 23.2 Å². The number of H-pyrrole nitrogens is 1. The maximum absolute atomic E-state index is 12.9. The molecule has 0 amide bonds. The highest BCUT2D eigenvalue weighted by Crippen LogP contribution is 2.34. The van der Waals surface area contributed by atoms with Gasteiger partial charge in [-0.2, -0.15) is 13.2 Å². The van der Waals surface area contributed by atoms with Gasteiger partial charge in [-0.3, -0.25) is 9.78 Å². The molecule has 0 saturated carbocycles. The van der Waals surface area contributed by atoms with Crippen LogP contribution >= 0.6 is 11.6 Å². The number of benzene rings is 2. The molecule has 0 unspecified atom stereocenters. The molecule has 1 aromatic heterocycles. The van der Waals surface area contributed by atoms with E-state index in [9.17, 15) is 18.0 Å². The summed E-state index contributed by atoms with van der Waals surface area (Å²) in [5.74, 6) is -0.00442. The molecule has 4 nitrogen and oxygen atoms in total. The Morgan fingerprint density at radius 2 is 1.88 bits per heavy atom. The average Bonchev–Trinajstić information content (AvgIpc) is 2.55. The minimum Gasteiger partial charge on any atom is -0.324 e. The van der Waals surface area contributed by atoms with Gasteiger partial charge in [0, 0.05) is 11.6 Å². The van der Waals surface area contributed by atoms with Crippen LogP contribution in [0.4, 0.5) is 24.8 Å². The number of hydrogen-bond acceptors (Lipinski definition) is 3. The molecule has 0 saturated heterocycles. The third-order valence-electron chi connectivity index (χ3n) is 3.60. The number of aryl methyl sites for hydroxylation is 1. The van der Waals surface area contributed by atoms with Crippen LogP contribution in [0, 0.1) is 6.92 Å². The molecule has 0 bridgehead atoms. The number of halogens is 4. The summed E-state index contributed by atoms with van der Waals surface area (Å²) >= 11 is 5.96. The van der Waals surface area contributed by atoms with Crippen LogP contribution < -0.4 is 10.9 Å². The second kappa shape index (κ2) is 6.84. The summed E-state index contributed by atoms with van der Waals surface area (Å²) in [6.45, 7) is 1.90. The van der Waals surface area contributed by atoms with Crippen LogP contribution in [0.5, 0.6) is 0 Å². The monoisotopic (exact) mass is 379 g/mol. The fraction of sp³-hybridized carbons (Fsp3) is 0.111. The molecule has 0 aliphatic rings. The van der Waals surface area contributed by atoms with Crippen molar-refractivity contribution in [1.82, 2.24) is 9.97 Å². The van der Waals surface area contributed by atoms with E-state index in [-0.39, 0.29) is 16.7 Å². The second-order valence-corrected chi connectivity index (χ2v) is 6.07. The van der Waals surface area contributed by atoms with Gasteiger partial charge in [0.25, 0.3) is 5.56 Å². The van der Waals surface area contributed by atoms with Crippen LogP contribution in [-0.4, -0.2) is 9.97 Å². The molecule has 0 fully saturated rings. The zero-order chi connectivity index (χ0) is 18.9. The van der Waals surface area contributed by atoms with Gasteiger partial charge < -0.3 is 5.32 Å². The number of anilines is 2. The summed E-state index contributed by atoms with van der Waals surface area (Å²) in [5.41, 5.74) is 0.784. The van der Waals surface area contributed by atoms with Gasteiger partial charge in [0.15, 0.2) is 0 Å². The molecular weight excluding hydrogens is 367 g/mol. The summed E-state index contributed by atoms with van der Waals surface area (Å²) in [6.07, 6.45) is -4.51. The number of rotatable bonds is 3. The lowest BCUT2D eigenvalue weighted by Gasteiger charge is -2.12. The van der Waals surface area contributed by atoms with E-state index in [4.69, 9.17) is 11.6 Å². The standard InChI is InChI=1S/C18H13ClF3N3O/c1-10-3-2-4-11(7-10)14-9-16(26)25-17(23-14)24-15-8-12(18(20,21)22)5-6-13(15)19/h2-9H,1H3,(H2,23,24,25,26). The Labute approximate surface area is 151 Å². The second-order valence-electron chi connectivity index (χ2n) is 5.67. The molecule has 2 aromatic carbocycles. The lowest BCUT2D eigenvalue weighted by molar-refractivity contribution is -0.137. The highest BCUT2D eigenvalue weighted by atomic mass is 35.5. The van der Waals surface area contributed by atoms with Crippen molar-refractivity contribution in [1.29, 1.82) is 0 Å². The molecule has 26 heavy (non-hydrogen) atoms. The molecule has 3 aromatic rings. The molecule has 8 heteroatoms. The largest absolute Gasteiger partial charge is 0.416 e. The lowest BCUT2D eigenvalue weighted by atomic mass is 10.1. The van der Waals surface area contributed by atoms with Gasteiger partial charge in [-0.15, -0.1) is 0 Å². The predicted octanol–water partition coefficient (Wildman–Crippen LogP) is 5.16. The Hall–Kier alpha value is -2.80. The van der Waals surface area contributed by atoms with Crippen molar-refractivity contribution in [3.63, 3.8) is 0 Å². The van der Waals surface area contributed by atoms with Crippen LogP contribution in [0.3, 0.4) is 0 Å². The molecule has 0 spiro atoms. The van der Waals surface area contributed by atoms with E-state index in [2.05, 4.69) is 15.3 Å². The summed E-state index contributed by atoms with van der Waals surface area (Å²) in [6, 6.07) is 11.6. The molecule has 2 N–H and O–H groups in total. The minimum absolute atomic E-state index is 0.00442. The van der Waals surface area contributed by atoms with E-state index in [0.717, 1.165) is 23.8 Å². The summed E-state index contributed by atoms with van der Waals surface area (Å²) in [4.78, 5) is 18.6. The van der Waals surface area contributed by atoms with Gasteiger partial charge >= 0.3 is 6.18 Å².